The van der Waals surface area contributed by atoms with E-state index in [0.717, 1.165) is 17.8 Å². The number of rotatable bonds is 3. The number of anilines is 2. The highest BCUT2D eigenvalue weighted by Gasteiger charge is 2.51. The van der Waals surface area contributed by atoms with Crippen molar-refractivity contribution in [2.75, 3.05) is 24.2 Å². The van der Waals surface area contributed by atoms with Crippen molar-refractivity contribution >= 4 is 11.5 Å². The Morgan fingerprint density at radius 1 is 1.15 bits per heavy atom. The highest BCUT2D eigenvalue weighted by Crippen LogP contribution is 2.60. The second-order valence-electron chi connectivity index (χ2n) is 7.71. The van der Waals surface area contributed by atoms with E-state index >= 15 is 0 Å². The van der Waals surface area contributed by atoms with Crippen LogP contribution in [0.2, 0.25) is 0 Å². The monoisotopic (exact) mass is 271 g/mol. The Labute approximate surface area is 121 Å². The number of hydrogen-bond donors (Lipinski definition) is 1. The van der Waals surface area contributed by atoms with Gasteiger partial charge in [-0.05, 0) is 73.8 Å². The maximum absolute atomic E-state index is 5.68. The molecule has 108 valence electrons. The molecular formula is C17H25N3. The average molecular weight is 271 g/mol. The summed E-state index contributed by atoms with van der Waals surface area (Å²) in [5.74, 6) is 3.69. The molecule has 0 unspecified atom stereocenters. The molecule has 0 aromatic carbocycles. The smallest absolute Gasteiger partial charge is 0.123 e. The van der Waals surface area contributed by atoms with Gasteiger partial charge in [0.05, 0.1) is 11.9 Å². The van der Waals surface area contributed by atoms with Crippen molar-refractivity contribution in [2.45, 2.75) is 38.5 Å². The molecule has 4 aliphatic rings. The van der Waals surface area contributed by atoms with Crippen LogP contribution in [0.25, 0.3) is 0 Å². The lowest BCUT2D eigenvalue weighted by Crippen LogP contribution is -2.50. The van der Waals surface area contributed by atoms with Gasteiger partial charge < -0.3 is 10.6 Å². The van der Waals surface area contributed by atoms with E-state index < -0.39 is 0 Å². The largest absolute Gasteiger partial charge is 0.384 e. The van der Waals surface area contributed by atoms with E-state index in [2.05, 4.69) is 23.0 Å². The number of hydrogen-bond acceptors (Lipinski definition) is 3. The molecule has 0 atom stereocenters. The van der Waals surface area contributed by atoms with Gasteiger partial charge in [0.2, 0.25) is 0 Å². The van der Waals surface area contributed by atoms with Gasteiger partial charge in [-0.1, -0.05) is 0 Å². The SMILES string of the molecule is CN(CC12CC3CC(CC(C3)C1)C2)c1ccc(N)nc1. The highest BCUT2D eigenvalue weighted by molar-refractivity contribution is 5.47. The Hall–Kier alpha value is -1.25. The van der Waals surface area contributed by atoms with Crippen LogP contribution in [0.3, 0.4) is 0 Å². The van der Waals surface area contributed by atoms with Crippen LogP contribution in [-0.4, -0.2) is 18.6 Å². The topological polar surface area (TPSA) is 42.1 Å². The highest BCUT2D eigenvalue weighted by atomic mass is 15.1. The zero-order valence-electron chi connectivity index (χ0n) is 12.4. The summed E-state index contributed by atoms with van der Waals surface area (Å²) in [6, 6.07) is 4.01. The van der Waals surface area contributed by atoms with Gasteiger partial charge in [-0.25, -0.2) is 4.98 Å². The van der Waals surface area contributed by atoms with Crippen molar-refractivity contribution in [3.8, 4) is 0 Å². The zero-order chi connectivity index (χ0) is 13.7. The average Bonchev–Trinajstić information content (AvgIpc) is 2.37. The first-order chi connectivity index (χ1) is 9.62. The van der Waals surface area contributed by atoms with Gasteiger partial charge in [0.15, 0.2) is 0 Å². The van der Waals surface area contributed by atoms with Crippen LogP contribution < -0.4 is 10.6 Å². The molecule has 0 radical (unpaired) electrons. The number of nitrogen functional groups attached to an aromatic ring is 1. The first-order valence-corrected chi connectivity index (χ1v) is 8.05. The van der Waals surface area contributed by atoms with Gasteiger partial charge >= 0.3 is 0 Å². The van der Waals surface area contributed by atoms with Crippen molar-refractivity contribution in [2.24, 2.45) is 23.2 Å². The third kappa shape index (κ3) is 2.07. The van der Waals surface area contributed by atoms with Gasteiger partial charge in [-0.2, -0.15) is 0 Å². The molecule has 4 bridgehead atoms. The molecule has 3 heteroatoms. The zero-order valence-corrected chi connectivity index (χ0v) is 12.4. The van der Waals surface area contributed by atoms with Crippen molar-refractivity contribution in [3.63, 3.8) is 0 Å². The van der Waals surface area contributed by atoms with Gasteiger partial charge in [0.25, 0.3) is 0 Å². The lowest BCUT2D eigenvalue weighted by molar-refractivity contribution is -0.0472. The second kappa shape index (κ2) is 4.37. The van der Waals surface area contributed by atoms with Gasteiger partial charge in [0.1, 0.15) is 5.82 Å². The summed E-state index contributed by atoms with van der Waals surface area (Å²) in [6.45, 7) is 1.20. The maximum Gasteiger partial charge on any atom is 0.123 e. The van der Waals surface area contributed by atoms with E-state index in [1.54, 1.807) is 0 Å². The molecule has 2 N–H and O–H groups in total. The Morgan fingerprint density at radius 2 is 1.75 bits per heavy atom. The van der Waals surface area contributed by atoms with Gasteiger partial charge in [0, 0.05) is 13.6 Å². The van der Waals surface area contributed by atoms with E-state index in [4.69, 9.17) is 5.73 Å². The number of aromatic nitrogens is 1. The lowest BCUT2D eigenvalue weighted by atomic mass is 9.49. The van der Waals surface area contributed by atoms with E-state index in [0.29, 0.717) is 11.2 Å². The summed E-state index contributed by atoms with van der Waals surface area (Å²) >= 11 is 0. The van der Waals surface area contributed by atoms with Crippen LogP contribution in [0, 0.1) is 23.2 Å². The fourth-order valence-electron chi connectivity index (χ4n) is 5.70. The van der Waals surface area contributed by atoms with Crippen LogP contribution in [0.5, 0.6) is 0 Å². The Morgan fingerprint density at radius 3 is 2.25 bits per heavy atom. The molecule has 1 aromatic heterocycles. The quantitative estimate of drug-likeness (QED) is 0.917. The third-order valence-electron chi connectivity index (χ3n) is 5.95. The summed E-state index contributed by atoms with van der Waals surface area (Å²) in [7, 11) is 2.21. The summed E-state index contributed by atoms with van der Waals surface area (Å²) < 4.78 is 0. The van der Waals surface area contributed by atoms with Crippen molar-refractivity contribution in [3.05, 3.63) is 18.3 Å². The summed E-state index contributed by atoms with van der Waals surface area (Å²) in [5.41, 5.74) is 7.48. The number of nitrogens with two attached hydrogens (primary N) is 1. The van der Waals surface area contributed by atoms with Crippen LogP contribution in [0.1, 0.15) is 38.5 Å². The molecule has 4 fully saturated rings. The van der Waals surface area contributed by atoms with Crippen LogP contribution in [0.4, 0.5) is 11.5 Å². The Balaban J connectivity index is 1.52. The molecule has 1 aromatic rings. The second-order valence-corrected chi connectivity index (χ2v) is 7.71. The molecule has 4 saturated carbocycles. The molecule has 1 heterocycles. The predicted octanol–water partition coefficient (Wildman–Crippen LogP) is 3.32. The van der Waals surface area contributed by atoms with E-state index in [1.165, 1.54) is 50.8 Å². The van der Waals surface area contributed by atoms with Gasteiger partial charge in [-0.3, -0.25) is 0 Å². The first-order valence-electron chi connectivity index (χ1n) is 8.05. The Kier molecular flexibility index (Phi) is 2.73. The summed E-state index contributed by atoms with van der Waals surface area (Å²) in [4.78, 5) is 6.63. The molecule has 20 heavy (non-hydrogen) atoms. The predicted molar refractivity (Wildman–Crippen MR) is 82.5 cm³/mol. The number of nitrogens with zero attached hydrogens (tertiary/aromatic N) is 2. The lowest BCUT2D eigenvalue weighted by Gasteiger charge is -2.57. The molecule has 5 rings (SSSR count). The normalized spacial score (nSPS) is 38.1. The summed E-state index contributed by atoms with van der Waals surface area (Å²) in [5, 5.41) is 0. The van der Waals surface area contributed by atoms with E-state index in [1.807, 2.05) is 12.3 Å². The third-order valence-corrected chi connectivity index (χ3v) is 5.95. The molecule has 0 saturated heterocycles. The molecule has 3 nitrogen and oxygen atoms in total. The maximum atomic E-state index is 5.68. The van der Waals surface area contributed by atoms with Crippen LogP contribution >= 0.6 is 0 Å². The fourth-order valence-corrected chi connectivity index (χ4v) is 5.70. The van der Waals surface area contributed by atoms with Crippen molar-refractivity contribution < 1.29 is 0 Å². The fraction of sp³-hybridized carbons (Fsp3) is 0.706. The van der Waals surface area contributed by atoms with E-state index in [9.17, 15) is 0 Å². The minimum atomic E-state index is 0.588. The van der Waals surface area contributed by atoms with Crippen LogP contribution in [0.15, 0.2) is 18.3 Å². The molecule has 0 spiro atoms. The van der Waals surface area contributed by atoms with Crippen LogP contribution in [-0.2, 0) is 0 Å². The standard InChI is InChI=1S/C17H25N3/c1-20(15-2-3-16(18)19-10-15)11-17-7-12-4-13(8-17)6-14(5-12)9-17/h2-3,10,12-14H,4-9,11H2,1H3,(H2,18,19). The first kappa shape index (κ1) is 12.5. The van der Waals surface area contributed by atoms with Gasteiger partial charge in [-0.15, -0.1) is 0 Å². The minimum Gasteiger partial charge on any atom is -0.384 e. The Bertz CT molecular complexity index is 458. The van der Waals surface area contributed by atoms with E-state index in [-0.39, 0.29) is 0 Å². The van der Waals surface area contributed by atoms with Crippen molar-refractivity contribution in [1.82, 2.24) is 4.98 Å². The van der Waals surface area contributed by atoms with Crippen molar-refractivity contribution in [1.29, 1.82) is 0 Å². The molecule has 0 amide bonds. The summed E-state index contributed by atoms with van der Waals surface area (Å²) in [6.07, 6.45) is 10.9. The minimum absolute atomic E-state index is 0.588. The molecule has 0 aliphatic heterocycles. The number of pyridine rings is 1. The molecule has 4 aliphatic carbocycles. The molecular weight excluding hydrogens is 246 g/mol.